The molecule has 27 heavy (non-hydrogen) atoms. The fourth-order valence-corrected chi connectivity index (χ4v) is 3.90. The van der Waals surface area contributed by atoms with E-state index < -0.39 is 0 Å². The van der Waals surface area contributed by atoms with Gasteiger partial charge in [-0.3, -0.25) is 0 Å². The average Bonchev–Trinajstić information content (AvgIpc) is 3.30. The minimum absolute atomic E-state index is 0.202. The molecule has 1 aromatic heterocycles. The Morgan fingerprint density at radius 2 is 1.93 bits per heavy atom. The number of fused-ring (bicyclic) bond motifs is 3. The van der Waals surface area contributed by atoms with Crippen LogP contribution in [0.1, 0.15) is 10.4 Å². The van der Waals surface area contributed by atoms with Gasteiger partial charge in [-0.1, -0.05) is 6.07 Å². The van der Waals surface area contributed by atoms with Crippen LogP contribution in [0, 0.1) is 5.82 Å². The van der Waals surface area contributed by atoms with E-state index in [9.17, 15) is 4.39 Å². The Kier molecular flexibility index (Phi) is 3.98. The summed E-state index contributed by atoms with van der Waals surface area (Å²) in [5.74, 6) is 1.70. The second-order valence-corrected chi connectivity index (χ2v) is 7.37. The van der Waals surface area contributed by atoms with Gasteiger partial charge in [0.05, 0.1) is 11.9 Å². The quantitative estimate of drug-likeness (QED) is 0.753. The Morgan fingerprint density at radius 3 is 2.78 bits per heavy atom. The summed E-state index contributed by atoms with van der Waals surface area (Å²) in [5.41, 5.74) is 1.30. The second-order valence-electron chi connectivity index (χ2n) is 6.34. The lowest BCUT2D eigenvalue weighted by molar-refractivity contribution is 0.174. The van der Waals surface area contributed by atoms with Crippen molar-refractivity contribution in [3.8, 4) is 17.2 Å². The summed E-state index contributed by atoms with van der Waals surface area (Å²) in [6.45, 7) is 0.871. The lowest BCUT2D eigenvalue weighted by Crippen LogP contribution is -2.26. The first-order chi connectivity index (χ1) is 13.3. The van der Waals surface area contributed by atoms with Crippen LogP contribution < -0.4 is 30.0 Å². The molecule has 2 aromatic carbocycles. The highest BCUT2D eigenvalue weighted by Gasteiger charge is 2.18. The van der Waals surface area contributed by atoms with Crippen LogP contribution in [-0.2, 0) is 6.42 Å². The van der Waals surface area contributed by atoms with Gasteiger partial charge in [0.1, 0.15) is 11.6 Å². The molecule has 0 saturated heterocycles. The zero-order valence-electron chi connectivity index (χ0n) is 14.3. The molecular formula is C21H16FNO3S. The number of ether oxygens (including phenoxy) is 3. The van der Waals surface area contributed by atoms with E-state index in [1.807, 2.05) is 23.6 Å². The summed E-state index contributed by atoms with van der Waals surface area (Å²) in [6.07, 6.45) is 4.40. The molecular weight excluding hydrogens is 365 g/mol. The van der Waals surface area contributed by atoms with Gasteiger partial charge in [0.15, 0.2) is 11.5 Å². The van der Waals surface area contributed by atoms with E-state index in [2.05, 4.69) is 11.4 Å². The largest absolute Gasteiger partial charge is 0.464 e. The van der Waals surface area contributed by atoms with E-state index >= 15 is 0 Å². The van der Waals surface area contributed by atoms with Crippen LogP contribution in [0.15, 0.2) is 41.8 Å². The van der Waals surface area contributed by atoms with Crippen LogP contribution >= 0.6 is 11.3 Å². The van der Waals surface area contributed by atoms with Gasteiger partial charge in [0, 0.05) is 28.3 Å². The summed E-state index contributed by atoms with van der Waals surface area (Å²) in [5, 5.41) is 6.80. The van der Waals surface area contributed by atoms with Crippen molar-refractivity contribution >= 4 is 29.4 Å². The molecule has 2 aliphatic heterocycles. The number of thiophene rings is 1. The molecule has 0 unspecified atom stereocenters. The van der Waals surface area contributed by atoms with Crippen LogP contribution in [0.25, 0.3) is 12.3 Å². The minimum Gasteiger partial charge on any atom is -0.464 e. The average molecular weight is 381 g/mol. The van der Waals surface area contributed by atoms with Crippen molar-refractivity contribution in [3.05, 3.63) is 68.5 Å². The van der Waals surface area contributed by atoms with E-state index in [0.717, 1.165) is 22.4 Å². The normalized spacial score (nSPS) is 13.5. The van der Waals surface area contributed by atoms with Crippen molar-refractivity contribution in [2.24, 2.45) is 0 Å². The number of anilines is 1. The molecule has 2 aliphatic rings. The number of benzene rings is 2. The van der Waals surface area contributed by atoms with Crippen molar-refractivity contribution in [1.82, 2.24) is 0 Å². The zero-order chi connectivity index (χ0) is 18.2. The third-order valence-corrected chi connectivity index (χ3v) is 5.50. The summed E-state index contributed by atoms with van der Waals surface area (Å²) < 4.78 is 31.2. The fourth-order valence-electron chi connectivity index (χ4n) is 3.19. The van der Waals surface area contributed by atoms with Gasteiger partial charge in [-0.15, -0.1) is 11.3 Å². The molecule has 3 aromatic rings. The van der Waals surface area contributed by atoms with Gasteiger partial charge >= 0.3 is 0 Å². The van der Waals surface area contributed by atoms with Gasteiger partial charge in [-0.25, -0.2) is 4.39 Å². The Labute approximate surface area is 159 Å². The van der Waals surface area contributed by atoms with E-state index in [1.54, 1.807) is 29.7 Å². The molecule has 136 valence electrons. The minimum atomic E-state index is -0.284. The second kappa shape index (κ2) is 6.63. The summed E-state index contributed by atoms with van der Waals surface area (Å²) in [6, 6.07) is 11.1. The molecule has 0 radical (unpaired) electrons. The van der Waals surface area contributed by atoms with Crippen molar-refractivity contribution in [1.29, 1.82) is 0 Å². The predicted molar refractivity (Wildman–Crippen MR) is 103 cm³/mol. The molecule has 0 spiro atoms. The smallest absolute Gasteiger partial charge is 0.231 e. The number of hydrogen-bond acceptors (Lipinski definition) is 5. The molecule has 5 rings (SSSR count). The molecule has 0 saturated carbocycles. The maximum absolute atomic E-state index is 14.6. The Bertz CT molecular complexity index is 1130. The molecule has 0 aliphatic carbocycles. The van der Waals surface area contributed by atoms with Crippen molar-refractivity contribution in [2.75, 3.05) is 18.7 Å². The standard InChI is InChI=1S/C21H16FNO3S/c22-17-7-13-6-14-9-20-21(26-12-25-20)10-19(14)24-11-15(13)8-18(17)23-4-3-16-2-1-5-27-16/h1-2,5-11,23H,3-4,12H2. The highest BCUT2D eigenvalue weighted by atomic mass is 32.1. The monoisotopic (exact) mass is 381 g/mol. The van der Waals surface area contributed by atoms with E-state index in [4.69, 9.17) is 14.2 Å². The molecule has 6 heteroatoms. The highest BCUT2D eigenvalue weighted by Crippen LogP contribution is 2.38. The third-order valence-electron chi connectivity index (χ3n) is 4.57. The maximum atomic E-state index is 14.6. The van der Waals surface area contributed by atoms with Gasteiger partial charge in [-0.2, -0.15) is 0 Å². The first kappa shape index (κ1) is 16.2. The predicted octanol–water partition coefficient (Wildman–Crippen LogP) is 3.23. The Balaban J connectivity index is 1.45. The lowest BCUT2D eigenvalue weighted by Gasteiger charge is -2.07. The molecule has 0 bridgehead atoms. The number of hydrogen-bond donors (Lipinski definition) is 1. The van der Waals surface area contributed by atoms with Gasteiger partial charge < -0.3 is 19.5 Å². The SMILES string of the molecule is Fc1cc2c(cc1NCCc1cccs1)=COc1cc3c(cc1C=2)OCO3. The van der Waals surface area contributed by atoms with Crippen LogP contribution in [-0.4, -0.2) is 13.3 Å². The van der Waals surface area contributed by atoms with Gasteiger partial charge in [0.2, 0.25) is 6.79 Å². The number of rotatable bonds is 4. The summed E-state index contributed by atoms with van der Waals surface area (Å²) in [4.78, 5) is 1.27. The maximum Gasteiger partial charge on any atom is 0.231 e. The van der Waals surface area contributed by atoms with Crippen molar-refractivity contribution in [3.63, 3.8) is 0 Å². The number of halogens is 1. The highest BCUT2D eigenvalue weighted by molar-refractivity contribution is 7.09. The lowest BCUT2D eigenvalue weighted by atomic mass is 10.1. The third kappa shape index (κ3) is 3.13. The molecule has 1 N–H and O–H groups in total. The molecule has 4 nitrogen and oxygen atoms in total. The zero-order valence-corrected chi connectivity index (χ0v) is 15.1. The first-order valence-electron chi connectivity index (χ1n) is 8.64. The Morgan fingerprint density at radius 1 is 1.04 bits per heavy atom. The van der Waals surface area contributed by atoms with E-state index in [1.165, 1.54) is 10.9 Å². The summed E-state index contributed by atoms with van der Waals surface area (Å²) >= 11 is 1.70. The van der Waals surface area contributed by atoms with Crippen LogP contribution in [0.3, 0.4) is 0 Å². The molecule has 0 atom stereocenters. The van der Waals surface area contributed by atoms with Crippen LogP contribution in [0.2, 0.25) is 0 Å². The fraction of sp³-hybridized carbons (Fsp3) is 0.143. The van der Waals surface area contributed by atoms with E-state index in [-0.39, 0.29) is 12.6 Å². The van der Waals surface area contributed by atoms with Crippen LogP contribution in [0.4, 0.5) is 10.1 Å². The molecule has 3 heterocycles. The Hall–Kier alpha value is -2.99. The molecule has 0 amide bonds. The molecule has 0 fully saturated rings. The topological polar surface area (TPSA) is 39.7 Å². The summed E-state index contributed by atoms with van der Waals surface area (Å²) in [7, 11) is 0. The van der Waals surface area contributed by atoms with Gasteiger partial charge in [-0.05, 0) is 47.4 Å². The van der Waals surface area contributed by atoms with Crippen molar-refractivity contribution < 1.29 is 18.6 Å². The van der Waals surface area contributed by atoms with Gasteiger partial charge in [0.25, 0.3) is 0 Å². The van der Waals surface area contributed by atoms with Crippen LogP contribution in [0.5, 0.6) is 17.2 Å². The number of nitrogens with one attached hydrogen (secondary N) is 1. The van der Waals surface area contributed by atoms with E-state index in [0.29, 0.717) is 29.5 Å². The first-order valence-corrected chi connectivity index (χ1v) is 9.52. The van der Waals surface area contributed by atoms with Crippen molar-refractivity contribution in [2.45, 2.75) is 6.42 Å².